The van der Waals surface area contributed by atoms with Gasteiger partial charge in [0.2, 0.25) is 5.88 Å². The van der Waals surface area contributed by atoms with Gasteiger partial charge in [0.15, 0.2) is 6.10 Å². The molecule has 0 saturated carbocycles. The molecular weight excluding hydrogens is 438 g/mol. The quantitative estimate of drug-likeness (QED) is 0.464. The van der Waals surface area contributed by atoms with E-state index in [1.165, 1.54) is 0 Å². The lowest BCUT2D eigenvalue weighted by Gasteiger charge is -2.20. The molecule has 1 unspecified atom stereocenters. The molecular formula is C26H20ClN3O3. The number of para-hydroxylation sites is 1. The molecule has 7 heteroatoms. The van der Waals surface area contributed by atoms with Crippen LogP contribution >= 0.6 is 11.6 Å². The molecule has 4 aromatic rings. The molecule has 1 aliphatic rings. The van der Waals surface area contributed by atoms with Crippen LogP contribution in [-0.2, 0) is 4.79 Å². The Bertz CT molecular complexity index is 1390. The summed E-state index contributed by atoms with van der Waals surface area (Å²) >= 11 is 6.31. The van der Waals surface area contributed by atoms with Gasteiger partial charge in [-0.1, -0.05) is 54.1 Å². The molecule has 1 aliphatic heterocycles. The second-order valence-electron chi connectivity index (χ2n) is 7.80. The highest BCUT2D eigenvalue weighted by atomic mass is 35.5. The van der Waals surface area contributed by atoms with Crippen molar-refractivity contribution in [1.82, 2.24) is 4.98 Å². The lowest BCUT2D eigenvalue weighted by atomic mass is 10.0. The number of carbonyl (C=O) groups excluding carboxylic acids is 2. The van der Waals surface area contributed by atoms with Gasteiger partial charge in [-0.2, -0.15) is 0 Å². The smallest absolute Gasteiger partial charge is 0.268 e. The lowest BCUT2D eigenvalue weighted by Crippen LogP contribution is -2.33. The Morgan fingerprint density at radius 2 is 1.82 bits per heavy atom. The van der Waals surface area contributed by atoms with Gasteiger partial charge in [0.1, 0.15) is 0 Å². The molecule has 2 heterocycles. The van der Waals surface area contributed by atoms with Crippen LogP contribution in [0.5, 0.6) is 5.88 Å². The maximum Gasteiger partial charge on any atom is 0.268 e. The van der Waals surface area contributed by atoms with Crippen LogP contribution in [-0.4, -0.2) is 29.4 Å². The normalized spacial score (nSPS) is 15.7. The SMILES string of the molecule is NC(=O)c1cc(-c2ccccc2Cl)ccc1N1CCC(Oc2ccc3ccccc3n2)C1=O. The number of primary amides is 1. The summed E-state index contributed by atoms with van der Waals surface area (Å²) in [7, 11) is 0. The van der Waals surface area contributed by atoms with E-state index in [2.05, 4.69) is 4.98 Å². The molecule has 6 nitrogen and oxygen atoms in total. The fourth-order valence-corrected chi connectivity index (χ4v) is 4.34. The van der Waals surface area contributed by atoms with Gasteiger partial charge in [-0.3, -0.25) is 9.59 Å². The van der Waals surface area contributed by atoms with Gasteiger partial charge in [-0.25, -0.2) is 4.98 Å². The number of ether oxygens (including phenoxy) is 1. The Kier molecular flexibility index (Phi) is 5.44. The Morgan fingerprint density at radius 3 is 2.64 bits per heavy atom. The average molecular weight is 458 g/mol. The first-order chi connectivity index (χ1) is 16.0. The van der Waals surface area contributed by atoms with E-state index in [9.17, 15) is 9.59 Å². The highest BCUT2D eigenvalue weighted by molar-refractivity contribution is 6.33. The Hall–Kier alpha value is -3.90. The maximum atomic E-state index is 13.2. The Morgan fingerprint density at radius 1 is 1.03 bits per heavy atom. The van der Waals surface area contributed by atoms with Crippen molar-refractivity contribution in [3.05, 3.63) is 89.4 Å². The topological polar surface area (TPSA) is 85.5 Å². The molecule has 2 amide bonds. The number of amides is 2. The number of fused-ring (bicyclic) bond motifs is 1. The van der Waals surface area contributed by atoms with Crippen molar-refractivity contribution in [2.24, 2.45) is 5.73 Å². The minimum Gasteiger partial charge on any atom is -0.464 e. The van der Waals surface area contributed by atoms with E-state index in [4.69, 9.17) is 22.1 Å². The molecule has 0 radical (unpaired) electrons. The van der Waals surface area contributed by atoms with E-state index in [0.29, 0.717) is 29.6 Å². The molecule has 0 bridgehead atoms. The molecule has 3 aromatic carbocycles. The van der Waals surface area contributed by atoms with Gasteiger partial charge >= 0.3 is 0 Å². The second-order valence-corrected chi connectivity index (χ2v) is 8.21. The zero-order valence-corrected chi connectivity index (χ0v) is 18.3. The first kappa shape index (κ1) is 21.0. The van der Waals surface area contributed by atoms with Crippen LogP contribution < -0.4 is 15.4 Å². The van der Waals surface area contributed by atoms with Crippen molar-refractivity contribution in [2.45, 2.75) is 12.5 Å². The minimum absolute atomic E-state index is 0.238. The number of nitrogens with zero attached hydrogens (tertiary/aromatic N) is 2. The van der Waals surface area contributed by atoms with Gasteiger partial charge in [0.05, 0.1) is 16.8 Å². The number of hydrogen-bond acceptors (Lipinski definition) is 4. The summed E-state index contributed by atoms with van der Waals surface area (Å²) in [5.74, 6) is -0.469. The monoisotopic (exact) mass is 457 g/mol. The number of hydrogen-bond donors (Lipinski definition) is 1. The minimum atomic E-state index is -0.692. The molecule has 0 aliphatic carbocycles. The van der Waals surface area contributed by atoms with Crippen molar-refractivity contribution in [3.63, 3.8) is 0 Å². The Labute approximate surface area is 195 Å². The molecule has 1 aromatic heterocycles. The lowest BCUT2D eigenvalue weighted by molar-refractivity contribution is -0.123. The number of benzene rings is 3. The number of pyridine rings is 1. The summed E-state index contributed by atoms with van der Waals surface area (Å²) in [5, 5.41) is 1.56. The van der Waals surface area contributed by atoms with E-state index in [-0.39, 0.29) is 11.5 Å². The van der Waals surface area contributed by atoms with Crippen molar-refractivity contribution in [1.29, 1.82) is 0 Å². The number of halogens is 1. The van der Waals surface area contributed by atoms with Gasteiger partial charge in [0.25, 0.3) is 11.8 Å². The fourth-order valence-electron chi connectivity index (χ4n) is 4.09. The summed E-state index contributed by atoms with van der Waals surface area (Å²) in [4.78, 5) is 31.5. The van der Waals surface area contributed by atoms with Crippen molar-refractivity contribution in [3.8, 4) is 17.0 Å². The Balaban J connectivity index is 1.41. The number of carbonyl (C=O) groups is 2. The van der Waals surface area contributed by atoms with E-state index in [1.807, 2.05) is 54.6 Å². The van der Waals surface area contributed by atoms with Gasteiger partial charge in [-0.05, 0) is 35.9 Å². The van der Waals surface area contributed by atoms with Crippen LogP contribution in [0.3, 0.4) is 0 Å². The maximum absolute atomic E-state index is 13.2. The standard InChI is InChI=1S/C26H20ClN3O3/c27-20-7-3-2-6-18(20)17-9-11-22(19(15-17)25(28)31)30-14-13-23(26(30)32)33-24-12-10-16-5-1-4-8-21(16)29-24/h1-12,15,23H,13-14H2,(H2,28,31). The third-order valence-electron chi connectivity index (χ3n) is 5.73. The summed E-state index contributed by atoms with van der Waals surface area (Å²) in [6, 6.07) is 23.9. The predicted molar refractivity (Wildman–Crippen MR) is 129 cm³/mol. The zero-order valence-electron chi connectivity index (χ0n) is 17.6. The highest BCUT2D eigenvalue weighted by Crippen LogP contribution is 2.33. The number of nitrogens with two attached hydrogens (primary N) is 1. The van der Waals surface area contributed by atoms with Crippen molar-refractivity contribution < 1.29 is 14.3 Å². The summed E-state index contributed by atoms with van der Waals surface area (Å²) in [6.45, 7) is 0.406. The largest absolute Gasteiger partial charge is 0.464 e. The van der Waals surface area contributed by atoms with Gasteiger partial charge in [0, 0.05) is 35.0 Å². The molecule has 1 fully saturated rings. The van der Waals surface area contributed by atoms with Crippen LogP contribution in [0.25, 0.3) is 22.0 Å². The van der Waals surface area contributed by atoms with Crippen LogP contribution in [0.2, 0.25) is 5.02 Å². The summed E-state index contributed by atoms with van der Waals surface area (Å²) in [6.07, 6.45) is -0.222. The van der Waals surface area contributed by atoms with E-state index < -0.39 is 12.0 Å². The predicted octanol–water partition coefficient (Wildman–Crippen LogP) is 4.84. The molecule has 1 atom stereocenters. The van der Waals surface area contributed by atoms with E-state index >= 15 is 0 Å². The van der Waals surface area contributed by atoms with Gasteiger partial charge < -0.3 is 15.4 Å². The molecule has 1 saturated heterocycles. The number of anilines is 1. The molecule has 33 heavy (non-hydrogen) atoms. The average Bonchev–Trinajstić information content (AvgIpc) is 3.18. The number of rotatable bonds is 5. The van der Waals surface area contributed by atoms with Crippen LogP contribution in [0.1, 0.15) is 16.8 Å². The third kappa shape index (κ3) is 4.01. The van der Waals surface area contributed by atoms with Crippen molar-refractivity contribution >= 4 is 40.0 Å². The van der Waals surface area contributed by atoms with Crippen LogP contribution in [0, 0.1) is 0 Å². The molecule has 0 spiro atoms. The second kappa shape index (κ2) is 8.56. The first-order valence-electron chi connectivity index (χ1n) is 10.5. The molecule has 2 N–H and O–H groups in total. The highest BCUT2D eigenvalue weighted by Gasteiger charge is 2.36. The van der Waals surface area contributed by atoms with E-state index in [0.717, 1.165) is 22.0 Å². The van der Waals surface area contributed by atoms with Crippen molar-refractivity contribution in [2.75, 3.05) is 11.4 Å². The third-order valence-corrected chi connectivity index (χ3v) is 6.06. The molecule has 164 valence electrons. The fraction of sp³-hybridized carbons (Fsp3) is 0.115. The van der Waals surface area contributed by atoms with E-state index in [1.54, 1.807) is 29.2 Å². The van der Waals surface area contributed by atoms with Crippen LogP contribution in [0.15, 0.2) is 78.9 Å². The van der Waals surface area contributed by atoms with Gasteiger partial charge in [-0.15, -0.1) is 0 Å². The van der Waals surface area contributed by atoms with Crippen LogP contribution in [0.4, 0.5) is 5.69 Å². The molecule has 5 rings (SSSR count). The first-order valence-corrected chi connectivity index (χ1v) is 10.9. The zero-order chi connectivity index (χ0) is 22.9. The summed E-state index contributed by atoms with van der Waals surface area (Å²) < 4.78 is 5.92. The number of aromatic nitrogens is 1. The summed E-state index contributed by atoms with van der Waals surface area (Å²) in [5.41, 5.74) is 8.71.